The molecule has 0 bridgehead atoms. The van der Waals surface area contributed by atoms with E-state index >= 15 is 0 Å². The highest BCUT2D eigenvalue weighted by molar-refractivity contribution is 6.31. The van der Waals surface area contributed by atoms with Gasteiger partial charge in [-0.1, -0.05) is 31.9 Å². The number of nitrogens with zero attached hydrogens (tertiary/aromatic N) is 1. The summed E-state index contributed by atoms with van der Waals surface area (Å²) in [7, 11) is 0. The smallest absolute Gasteiger partial charge is 0.255 e. The van der Waals surface area contributed by atoms with Gasteiger partial charge in [0.2, 0.25) is 0 Å². The van der Waals surface area contributed by atoms with Crippen molar-refractivity contribution in [2.24, 2.45) is 5.92 Å². The van der Waals surface area contributed by atoms with Gasteiger partial charge in [0.25, 0.3) is 5.91 Å². The van der Waals surface area contributed by atoms with Crippen LogP contribution in [0.25, 0.3) is 0 Å². The number of benzene rings is 1. The quantitative estimate of drug-likeness (QED) is 0.832. The van der Waals surface area contributed by atoms with Crippen molar-refractivity contribution in [2.45, 2.75) is 27.2 Å². The van der Waals surface area contributed by atoms with Gasteiger partial charge >= 0.3 is 0 Å². The summed E-state index contributed by atoms with van der Waals surface area (Å²) in [5.41, 5.74) is 6.81. The molecular weight excluding hydrogens is 248 g/mol. The minimum Gasteiger partial charge on any atom is -0.398 e. The zero-order valence-electron chi connectivity index (χ0n) is 11.2. The van der Waals surface area contributed by atoms with E-state index < -0.39 is 0 Å². The van der Waals surface area contributed by atoms with Crippen LogP contribution in [0.15, 0.2) is 18.2 Å². The maximum absolute atomic E-state index is 12.4. The third kappa shape index (κ3) is 3.64. The SMILES string of the molecule is CCC(C)CN(CC)C(=O)c1cc(Cl)ccc1N. The normalized spacial score (nSPS) is 12.2. The third-order valence-electron chi connectivity index (χ3n) is 3.14. The van der Waals surface area contributed by atoms with E-state index in [-0.39, 0.29) is 5.91 Å². The zero-order valence-corrected chi connectivity index (χ0v) is 12.0. The van der Waals surface area contributed by atoms with Crippen molar-refractivity contribution >= 4 is 23.2 Å². The standard InChI is InChI=1S/C14H21ClN2O/c1-4-10(3)9-17(5-2)14(18)12-8-11(15)6-7-13(12)16/h6-8,10H,4-5,9,16H2,1-3H3. The lowest BCUT2D eigenvalue weighted by molar-refractivity contribution is 0.0742. The van der Waals surface area contributed by atoms with Gasteiger partial charge in [0.05, 0.1) is 5.56 Å². The molecule has 0 aliphatic carbocycles. The van der Waals surface area contributed by atoms with Crippen LogP contribution in [0.2, 0.25) is 5.02 Å². The molecule has 0 saturated carbocycles. The van der Waals surface area contributed by atoms with Crippen molar-refractivity contribution in [1.82, 2.24) is 4.90 Å². The van der Waals surface area contributed by atoms with E-state index in [4.69, 9.17) is 17.3 Å². The number of halogens is 1. The highest BCUT2D eigenvalue weighted by Gasteiger charge is 2.18. The van der Waals surface area contributed by atoms with E-state index in [1.807, 2.05) is 11.8 Å². The second-order valence-corrected chi connectivity index (χ2v) is 5.03. The van der Waals surface area contributed by atoms with E-state index in [2.05, 4.69) is 13.8 Å². The van der Waals surface area contributed by atoms with Gasteiger partial charge in [0.15, 0.2) is 0 Å². The third-order valence-corrected chi connectivity index (χ3v) is 3.38. The van der Waals surface area contributed by atoms with Crippen LogP contribution >= 0.6 is 11.6 Å². The number of hydrogen-bond donors (Lipinski definition) is 1. The Kier molecular flexibility index (Phi) is 5.48. The van der Waals surface area contributed by atoms with Crippen molar-refractivity contribution < 1.29 is 4.79 Å². The van der Waals surface area contributed by atoms with Crippen LogP contribution < -0.4 is 5.73 Å². The van der Waals surface area contributed by atoms with Crippen LogP contribution in [0.3, 0.4) is 0 Å². The number of hydrogen-bond acceptors (Lipinski definition) is 2. The van der Waals surface area contributed by atoms with Crippen LogP contribution in [0.4, 0.5) is 5.69 Å². The lowest BCUT2D eigenvalue weighted by Crippen LogP contribution is -2.34. The van der Waals surface area contributed by atoms with Gasteiger partial charge in [-0.25, -0.2) is 0 Å². The molecule has 1 unspecified atom stereocenters. The molecule has 0 aliphatic heterocycles. The molecule has 0 spiro atoms. The van der Waals surface area contributed by atoms with Crippen molar-refractivity contribution in [2.75, 3.05) is 18.8 Å². The highest BCUT2D eigenvalue weighted by atomic mass is 35.5. The monoisotopic (exact) mass is 268 g/mol. The van der Waals surface area contributed by atoms with Crippen molar-refractivity contribution in [3.05, 3.63) is 28.8 Å². The number of amides is 1. The lowest BCUT2D eigenvalue weighted by atomic mass is 10.1. The second-order valence-electron chi connectivity index (χ2n) is 4.59. The van der Waals surface area contributed by atoms with Gasteiger partial charge < -0.3 is 10.6 Å². The Balaban J connectivity index is 2.92. The first-order valence-corrected chi connectivity index (χ1v) is 6.71. The molecule has 18 heavy (non-hydrogen) atoms. The van der Waals surface area contributed by atoms with E-state index in [0.717, 1.165) is 13.0 Å². The van der Waals surface area contributed by atoms with Crippen LogP contribution in [-0.2, 0) is 0 Å². The molecule has 3 nitrogen and oxygen atoms in total. The zero-order chi connectivity index (χ0) is 13.7. The van der Waals surface area contributed by atoms with Gasteiger partial charge in [0, 0.05) is 23.8 Å². The van der Waals surface area contributed by atoms with Crippen LogP contribution in [-0.4, -0.2) is 23.9 Å². The molecule has 1 amide bonds. The Morgan fingerprint density at radius 1 is 1.44 bits per heavy atom. The van der Waals surface area contributed by atoms with Gasteiger partial charge in [-0.2, -0.15) is 0 Å². The molecule has 0 radical (unpaired) electrons. The summed E-state index contributed by atoms with van der Waals surface area (Å²) in [5, 5.41) is 0.534. The predicted octanol–water partition coefficient (Wildman–Crippen LogP) is 3.43. The first kappa shape index (κ1) is 14.8. The Morgan fingerprint density at radius 2 is 2.11 bits per heavy atom. The molecule has 1 aromatic rings. The summed E-state index contributed by atoms with van der Waals surface area (Å²) < 4.78 is 0. The van der Waals surface area contributed by atoms with E-state index in [1.54, 1.807) is 18.2 Å². The van der Waals surface area contributed by atoms with Crippen molar-refractivity contribution in [3.63, 3.8) is 0 Å². The van der Waals surface area contributed by atoms with Crippen molar-refractivity contribution in [3.8, 4) is 0 Å². The average molecular weight is 269 g/mol. The molecule has 0 fully saturated rings. The van der Waals surface area contributed by atoms with Gasteiger partial charge in [-0.3, -0.25) is 4.79 Å². The van der Waals surface area contributed by atoms with Crippen LogP contribution in [0, 0.1) is 5.92 Å². The molecule has 100 valence electrons. The number of nitrogen functional groups attached to an aromatic ring is 1. The minimum atomic E-state index is -0.0437. The highest BCUT2D eigenvalue weighted by Crippen LogP contribution is 2.20. The fourth-order valence-electron chi connectivity index (χ4n) is 1.74. The topological polar surface area (TPSA) is 46.3 Å². The number of carbonyl (C=O) groups excluding carboxylic acids is 1. The lowest BCUT2D eigenvalue weighted by Gasteiger charge is -2.24. The van der Waals surface area contributed by atoms with Crippen LogP contribution in [0.5, 0.6) is 0 Å². The maximum atomic E-state index is 12.4. The summed E-state index contributed by atoms with van der Waals surface area (Å²) >= 11 is 5.92. The summed E-state index contributed by atoms with van der Waals surface area (Å²) in [5.74, 6) is 0.437. The number of anilines is 1. The molecule has 1 aromatic carbocycles. The molecular formula is C14H21ClN2O. The minimum absolute atomic E-state index is 0.0437. The second kappa shape index (κ2) is 6.64. The number of rotatable bonds is 5. The fourth-order valence-corrected chi connectivity index (χ4v) is 1.92. The molecule has 2 N–H and O–H groups in total. The summed E-state index contributed by atoms with van der Waals surface area (Å²) in [6.45, 7) is 7.65. The first-order valence-electron chi connectivity index (χ1n) is 6.33. The molecule has 0 aliphatic rings. The Bertz CT molecular complexity index is 420. The van der Waals surface area contributed by atoms with E-state index in [0.29, 0.717) is 28.7 Å². The molecule has 0 aromatic heterocycles. The average Bonchev–Trinajstić information content (AvgIpc) is 2.37. The van der Waals surface area contributed by atoms with Gasteiger partial charge in [0.1, 0.15) is 0 Å². The molecule has 0 saturated heterocycles. The Labute approximate surface area is 114 Å². The summed E-state index contributed by atoms with van der Waals surface area (Å²) in [6.07, 6.45) is 1.05. The predicted molar refractivity (Wildman–Crippen MR) is 76.9 cm³/mol. The number of nitrogens with two attached hydrogens (primary N) is 1. The van der Waals surface area contributed by atoms with E-state index in [1.165, 1.54) is 0 Å². The molecule has 1 atom stereocenters. The summed E-state index contributed by atoms with van der Waals surface area (Å²) in [4.78, 5) is 14.2. The fraction of sp³-hybridized carbons (Fsp3) is 0.500. The van der Waals surface area contributed by atoms with Gasteiger partial charge in [-0.05, 0) is 31.0 Å². The molecule has 4 heteroatoms. The van der Waals surface area contributed by atoms with E-state index in [9.17, 15) is 4.79 Å². The first-order chi connectivity index (χ1) is 8.49. The van der Waals surface area contributed by atoms with Crippen LogP contribution in [0.1, 0.15) is 37.6 Å². The molecule has 0 heterocycles. The number of carbonyl (C=O) groups is 1. The van der Waals surface area contributed by atoms with Gasteiger partial charge in [-0.15, -0.1) is 0 Å². The largest absolute Gasteiger partial charge is 0.398 e. The molecule has 1 rings (SSSR count). The maximum Gasteiger partial charge on any atom is 0.255 e. The van der Waals surface area contributed by atoms with Crippen molar-refractivity contribution in [1.29, 1.82) is 0 Å². The Hall–Kier alpha value is -1.22. The Morgan fingerprint density at radius 3 is 2.67 bits per heavy atom. The summed E-state index contributed by atoms with van der Waals surface area (Å²) in [6, 6.07) is 5.00.